The third-order valence-corrected chi connectivity index (χ3v) is 7.21. The van der Waals surface area contributed by atoms with Crippen molar-refractivity contribution in [1.82, 2.24) is 10.6 Å². The van der Waals surface area contributed by atoms with Gasteiger partial charge >= 0.3 is 0 Å². The Morgan fingerprint density at radius 2 is 1.00 bits per heavy atom. The zero-order chi connectivity index (χ0) is 23.1. The summed E-state index contributed by atoms with van der Waals surface area (Å²) in [5.41, 5.74) is 2.68. The topological polar surface area (TPSA) is 58.2 Å². The third kappa shape index (κ3) is 5.79. The molecule has 0 radical (unpaired) electrons. The fraction of sp³-hybridized carbons (Fsp3) is 0.500. The summed E-state index contributed by atoms with van der Waals surface area (Å²) in [5, 5.41) is 6.18. The van der Waals surface area contributed by atoms with Gasteiger partial charge in [0.05, 0.1) is 0 Å². The zero-order valence-electron chi connectivity index (χ0n) is 19.9. The maximum atomic E-state index is 11.7. The molecule has 2 aliphatic rings. The third-order valence-electron chi connectivity index (χ3n) is 7.21. The molecule has 6 atom stereocenters. The van der Waals surface area contributed by atoms with Crippen molar-refractivity contribution in [1.29, 1.82) is 0 Å². The average Bonchev–Trinajstić information content (AvgIpc) is 2.81. The Morgan fingerprint density at radius 3 is 1.31 bits per heavy atom. The maximum Gasteiger partial charge on any atom is 0.223 e. The van der Waals surface area contributed by atoms with Gasteiger partial charge in [-0.2, -0.15) is 0 Å². The van der Waals surface area contributed by atoms with Crippen molar-refractivity contribution in [2.45, 2.75) is 77.3 Å². The lowest BCUT2D eigenvalue weighted by molar-refractivity contribution is -0.129. The standard InChI is InChI=1S/2C14H19NO/c2*1-3-11-9-13(10(2)15-14(11)16)12-7-5-4-6-8-12/h2*4-8,10-11,13H,3,9H2,1-2H3,(H,15,16)/t10-,11+,13-;10-,11-,13-/m11/s1. The molecule has 2 fully saturated rings. The molecule has 4 nitrogen and oxygen atoms in total. The highest BCUT2D eigenvalue weighted by atomic mass is 16.2. The summed E-state index contributed by atoms with van der Waals surface area (Å²) in [6, 6.07) is 21.5. The van der Waals surface area contributed by atoms with Crippen molar-refractivity contribution < 1.29 is 9.59 Å². The van der Waals surface area contributed by atoms with Gasteiger partial charge in [-0.3, -0.25) is 9.59 Å². The van der Waals surface area contributed by atoms with Crippen molar-refractivity contribution >= 4 is 11.8 Å². The van der Waals surface area contributed by atoms with Crippen LogP contribution in [0.25, 0.3) is 0 Å². The summed E-state index contributed by atoms with van der Waals surface area (Å²) in [6.07, 6.45) is 3.82. The van der Waals surface area contributed by atoms with Gasteiger partial charge in [-0.05, 0) is 50.7 Å². The molecule has 0 spiro atoms. The number of nitrogens with one attached hydrogen (secondary N) is 2. The van der Waals surface area contributed by atoms with Gasteiger partial charge in [0.15, 0.2) is 0 Å². The summed E-state index contributed by atoms with van der Waals surface area (Å²) in [6.45, 7) is 8.37. The summed E-state index contributed by atoms with van der Waals surface area (Å²) < 4.78 is 0. The number of rotatable bonds is 4. The Kier molecular flexibility index (Phi) is 8.49. The number of carbonyl (C=O) groups is 2. The van der Waals surface area contributed by atoms with E-state index in [1.807, 2.05) is 12.1 Å². The van der Waals surface area contributed by atoms with Gasteiger partial charge in [0.2, 0.25) is 11.8 Å². The number of hydrogen-bond donors (Lipinski definition) is 2. The molecular weight excluding hydrogens is 396 g/mol. The van der Waals surface area contributed by atoms with Crippen molar-refractivity contribution in [2.75, 3.05) is 0 Å². The Morgan fingerprint density at radius 1 is 0.656 bits per heavy atom. The van der Waals surface area contributed by atoms with E-state index in [0.29, 0.717) is 11.8 Å². The number of carbonyl (C=O) groups excluding carboxylic acids is 2. The Hall–Kier alpha value is -2.62. The molecule has 2 heterocycles. The molecule has 0 aromatic heterocycles. The smallest absolute Gasteiger partial charge is 0.223 e. The van der Waals surface area contributed by atoms with Gasteiger partial charge in [0.1, 0.15) is 0 Å². The zero-order valence-corrected chi connectivity index (χ0v) is 19.9. The van der Waals surface area contributed by atoms with Crippen LogP contribution >= 0.6 is 0 Å². The van der Waals surface area contributed by atoms with Crippen LogP contribution in [-0.4, -0.2) is 23.9 Å². The predicted molar refractivity (Wildman–Crippen MR) is 130 cm³/mol. The van der Waals surface area contributed by atoms with E-state index >= 15 is 0 Å². The average molecular weight is 435 g/mol. The normalized spacial score (nSPS) is 29.9. The van der Waals surface area contributed by atoms with E-state index in [1.54, 1.807) is 0 Å². The van der Waals surface area contributed by atoms with E-state index < -0.39 is 0 Å². The summed E-state index contributed by atoms with van der Waals surface area (Å²) in [4.78, 5) is 23.4. The molecule has 2 aliphatic heterocycles. The second kappa shape index (κ2) is 11.3. The molecule has 2 N–H and O–H groups in total. The Bertz CT molecular complexity index is 794. The molecule has 172 valence electrons. The highest BCUT2D eigenvalue weighted by Crippen LogP contribution is 2.33. The molecule has 2 aromatic carbocycles. The first-order valence-electron chi connectivity index (χ1n) is 12.1. The van der Waals surface area contributed by atoms with Crippen LogP contribution in [-0.2, 0) is 9.59 Å². The first-order valence-corrected chi connectivity index (χ1v) is 12.1. The minimum Gasteiger partial charge on any atom is -0.353 e. The van der Waals surface area contributed by atoms with Gasteiger partial charge < -0.3 is 10.6 Å². The molecule has 0 bridgehead atoms. The lowest BCUT2D eigenvalue weighted by atomic mass is 9.79. The molecule has 0 unspecified atom stereocenters. The fourth-order valence-electron chi connectivity index (χ4n) is 5.08. The van der Waals surface area contributed by atoms with E-state index in [9.17, 15) is 9.59 Å². The second-order valence-electron chi connectivity index (χ2n) is 9.31. The molecule has 4 heteroatoms. The molecule has 32 heavy (non-hydrogen) atoms. The summed E-state index contributed by atoms with van der Waals surface area (Å²) in [7, 11) is 0. The first-order chi connectivity index (χ1) is 15.4. The van der Waals surface area contributed by atoms with Crippen LogP contribution in [0.4, 0.5) is 0 Å². The lowest BCUT2D eigenvalue weighted by Gasteiger charge is -2.34. The van der Waals surface area contributed by atoms with E-state index in [1.165, 1.54) is 11.1 Å². The SMILES string of the molecule is CC[C@@H]1C[C@@H](c2ccccc2)[C@@H](C)NC1=O.CC[C@H]1C[C@@H](c2ccccc2)[C@@H](C)NC1=O. The van der Waals surface area contributed by atoms with Crippen LogP contribution in [0.15, 0.2) is 60.7 Å². The van der Waals surface area contributed by atoms with Crippen LogP contribution in [0, 0.1) is 11.8 Å². The van der Waals surface area contributed by atoms with Crippen LogP contribution in [0.1, 0.15) is 76.3 Å². The van der Waals surface area contributed by atoms with Gasteiger partial charge in [-0.15, -0.1) is 0 Å². The van der Waals surface area contributed by atoms with E-state index in [4.69, 9.17) is 0 Å². The fourth-order valence-corrected chi connectivity index (χ4v) is 5.08. The molecular formula is C28H38N2O2. The van der Waals surface area contributed by atoms with E-state index in [2.05, 4.69) is 86.9 Å². The second-order valence-corrected chi connectivity index (χ2v) is 9.31. The predicted octanol–water partition coefficient (Wildman–Crippen LogP) is 5.41. The molecule has 4 rings (SSSR count). The number of benzene rings is 2. The molecule has 2 aromatic rings. The Labute approximate surface area is 193 Å². The highest BCUT2D eigenvalue weighted by molar-refractivity contribution is 5.80. The molecule has 2 amide bonds. The van der Waals surface area contributed by atoms with Crippen molar-refractivity contribution in [3.05, 3.63) is 71.8 Å². The van der Waals surface area contributed by atoms with Crippen LogP contribution in [0.2, 0.25) is 0 Å². The monoisotopic (exact) mass is 434 g/mol. The molecule has 0 saturated carbocycles. The van der Waals surface area contributed by atoms with Gasteiger partial charge in [0.25, 0.3) is 0 Å². The highest BCUT2D eigenvalue weighted by Gasteiger charge is 2.33. The van der Waals surface area contributed by atoms with Gasteiger partial charge in [0, 0.05) is 35.8 Å². The van der Waals surface area contributed by atoms with Crippen molar-refractivity contribution in [3.63, 3.8) is 0 Å². The first kappa shape index (κ1) is 24.0. The minimum absolute atomic E-state index is 0.182. The van der Waals surface area contributed by atoms with E-state index in [0.717, 1.165) is 25.7 Å². The lowest BCUT2D eigenvalue weighted by Crippen LogP contribution is -2.46. The largest absolute Gasteiger partial charge is 0.353 e. The number of amides is 2. The maximum absolute atomic E-state index is 11.7. The minimum atomic E-state index is 0.182. The number of piperidine rings is 2. The Balaban J connectivity index is 0.000000181. The summed E-state index contributed by atoms with van der Waals surface area (Å²) in [5.74, 6) is 1.74. The quantitative estimate of drug-likeness (QED) is 0.676. The molecule has 0 aliphatic carbocycles. The van der Waals surface area contributed by atoms with Crippen LogP contribution in [0.3, 0.4) is 0 Å². The molecule has 2 saturated heterocycles. The van der Waals surface area contributed by atoms with Crippen LogP contribution < -0.4 is 10.6 Å². The van der Waals surface area contributed by atoms with Gasteiger partial charge in [-0.25, -0.2) is 0 Å². The van der Waals surface area contributed by atoms with Crippen molar-refractivity contribution in [3.8, 4) is 0 Å². The van der Waals surface area contributed by atoms with E-state index in [-0.39, 0.29) is 35.7 Å². The number of hydrogen-bond acceptors (Lipinski definition) is 2. The van der Waals surface area contributed by atoms with Gasteiger partial charge in [-0.1, -0.05) is 74.5 Å². The van der Waals surface area contributed by atoms with Crippen LogP contribution in [0.5, 0.6) is 0 Å². The summed E-state index contributed by atoms with van der Waals surface area (Å²) >= 11 is 0. The van der Waals surface area contributed by atoms with Crippen molar-refractivity contribution in [2.24, 2.45) is 11.8 Å².